The van der Waals surface area contributed by atoms with Crippen LogP contribution in [0, 0.1) is 5.92 Å². The largest absolute Gasteiger partial charge is 0.131 e. The molecule has 0 aromatic heterocycles. The smallest absolute Gasteiger partial charge is 0.0122 e. The van der Waals surface area contributed by atoms with Gasteiger partial charge in [0.15, 0.2) is 0 Å². The van der Waals surface area contributed by atoms with Gasteiger partial charge in [-0.05, 0) is 36.8 Å². The molecule has 1 heteroatoms. The third-order valence-electron chi connectivity index (χ3n) is 9.12. The molecule has 0 aliphatic rings. The lowest BCUT2D eigenvalue weighted by atomic mass is 9.77. The Hall–Kier alpha value is 0.430. The Morgan fingerprint density at radius 2 is 0.595 bits per heavy atom. The molecule has 0 amide bonds. The molecule has 0 rings (SSSR count). The van der Waals surface area contributed by atoms with Crippen molar-refractivity contribution in [1.82, 2.24) is 0 Å². The van der Waals surface area contributed by atoms with E-state index in [1.54, 1.807) is 0 Å². The van der Waals surface area contributed by atoms with Crippen molar-refractivity contribution in [2.75, 3.05) is 0 Å². The van der Waals surface area contributed by atoms with E-state index in [-0.39, 0.29) is 0 Å². The van der Waals surface area contributed by atoms with Gasteiger partial charge >= 0.3 is 0 Å². The van der Waals surface area contributed by atoms with Crippen LogP contribution in [-0.2, 0) is 0 Å². The lowest BCUT2D eigenvalue weighted by Crippen LogP contribution is -2.32. The summed E-state index contributed by atoms with van der Waals surface area (Å²) in [6.07, 6.45) is 43.6. The van der Waals surface area contributed by atoms with Crippen molar-refractivity contribution < 1.29 is 0 Å². The molecule has 2 unspecified atom stereocenters. The maximum atomic E-state index is 3.50. The molecule has 37 heavy (non-hydrogen) atoms. The fourth-order valence-electron chi connectivity index (χ4n) is 6.42. The summed E-state index contributed by atoms with van der Waals surface area (Å²) in [5, 5.41) is 0.518. The summed E-state index contributed by atoms with van der Waals surface area (Å²) in [5.41, 5.74) is 0. The SMILES string of the molecule is CCCCCCCCCCCCCCCCC(CCCCCC)C(P)(CCCCCC)CCCCCC. The summed E-state index contributed by atoms with van der Waals surface area (Å²) in [7, 11) is 3.50. The molecular formula is C36H75P. The second-order valence-electron chi connectivity index (χ2n) is 12.8. The zero-order valence-electron chi connectivity index (χ0n) is 26.9. The lowest BCUT2D eigenvalue weighted by molar-refractivity contribution is 0.270. The van der Waals surface area contributed by atoms with Crippen molar-refractivity contribution in [3.05, 3.63) is 0 Å². The molecule has 0 N–H and O–H groups in total. The normalized spacial score (nSPS) is 12.9. The van der Waals surface area contributed by atoms with E-state index in [1.807, 2.05) is 0 Å². The molecule has 224 valence electrons. The minimum atomic E-state index is 0.518. The van der Waals surface area contributed by atoms with E-state index < -0.39 is 0 Å². The first-order valence-electron chi connectivity index (χ1n) is 17.9. The summed E-state index contributed by atoms with van der Waals surface area (Å²) in [6.45, 7) is 9.37. The molecule has 0 fully saturated rings. The van der Waals surface area contributed by atoms with Crippen molar-refractivity contribution >= 4 is 9.24 Å². The van der Waals surface area contributed by atoms with Gasteiger partial charge < -0.3 is 0 Å². The van der Waals surface area contributed by atoms with E-state index in [0.29, 0.717) is 5.16 Å². The maximum absolute atomic E-state index is 3.50. The first-order valence-corrected chi connectivity index (χ1v) is 18.5. The number of hydrogen-bond donors (Lipinski definition) is 0. The number of rotatable bonds is 31. The fraction of sp³-hybridized carbons (Fsp3) is 1.00. The summed E-state index contributed by atoms with van der Waals surface area (Å²) < 4.78 is 0. The van der Waals surface area contributed by atoms with Crippen molar-refractivity contribution in [2.45, 2.75) is 225 Å². The third-order valence-corrected chi connectivity index (χ3v) is 10.2. The van der Waals surface area contributed by atoms with E-state index in [0.717, 1.165) is 5.92 Å². The molecule has 0 aromatic carbocycles. The topological polar surface area (TPSA) is 0 Å². The van der Waals surface area contributed by atoms with Gasteiger partial charge in [-0.15, -0.1) is 9.24 Å². The van der Waals surface area contributed by atoms with E-state index in [9.17, 15) is 0 Å². The van der Waals surface area contributed by atoms with Gasteiger partial charge in [0.05, 0.1) is 0 Å². The van der Waals surface area contributed by atoms with Gasteiger partial charge in [0, 0.05) is 0 Å². The van der Waals surface area contributed by atoms with Gasteiger partial charge in [-0.1, -0.05) is 195 Å². The molecule has 0 saturated heterocycles. The van der Waals surface area contributed by atoms with Crippen LogP contribution in [0.5, 0.6) is 0 Å². The molecule has 0 aliphatic carbocycles. The molecule has 0 aliphatic heterocycles. The monoisotopic (exact) mass is 539 g/mol. The molecule has 0 bridgehead atoms. The molecule has 0 saturated carbocycles. The van der Waals surface area contributed by atoms with Gasteiger partial charge in [0.2, 0.25) is 0 Å². The highest BCUT2D eigenvalue weighted by atomic mass is 31.0. The Morgan fingerprint density at radius 3 is 0.919 bits per heavy atom. The molecule has 0 heterocycles. The van der Waals surface area contributed by atoms with E-state index >= 15 is 0 Å². The lowest BCUT2D eigenvalue weighted by Gasteiger charge is -2.39. The first-order chi connectivity index (χ1) is 18.1. The highest BCUT2D eigenvalue weighted by Crippen LogP contribution is 2.44. The molecule has 0 radical (unpaired) electrons. The molecule has 0 spiro atoms. The average Bonchev–Trinajstić information content (AvgIpc) is 2.90. The highest BCUT2D eigenvalue weighted by Gasteiger charge is 2.32. The summed E-state index contributed by atoms with van der Waals surface area (Å²) in [4.78, 5) is 0. The van der Waals surface area contributed by atoms with Crippen molar-refractivity contribution in [2.24, 2.45) is 5.92 Å². The van der Waals surface area contributed by atoms with Crippen LogP contribution in [0.4, 0.5) is 0 Å². The van der Waals surface area contributed by atoms with Crippen LogP contribution >= 0.6 is 9.24 Å². The minimum absolute atomic E-state index is 0.518. The van der Waals surface area contributed by atoms with Crippen molar-refractivity contribution in [3.63, 3.8) is 0 Å². The standard InChI is InChI=1S/C36H75P/c1-5-9-13-17-18-19-20-21-22-23-24-25-26-28-32-35(31-27-14-10-6-2)36(37,33-29-15-11-7-3)34-30-16-12-8-4/h35H,5-34,37H2,1-4H3. The van der Waals surface area contributed by atoms with Crippen molar-refractivity contribution in [3.8, 4) is 0 Å². The van der Waals surface area contributed by atoms with Crippen LogP contribution in [0.25, 0.3) is 0 Å². The second-order valence-corrected chi connectivity index (χ2v) is 13.9. The van der Waals surface area contributed by atoms with Crippen molar-refractivity contribution in [1.29, 1.82) is 0 Å². The quantitative estimate of drug-likeness (QED) is 0.0608. The minimum Gasteiger partial charge on any atom is -0.131 e. The maximum Gasteiger partial charge on any atom is -0.0122 e. The Labute approximate surface area is 240 Å². The zero-order valence-corrected chi connectivity index (χ0v) is 28.0. The van der Waals surface area contributed by atoms with Crippen LogP contribution in [0.1, 0.15) is 220 Å². The van der Waals surface area contributed by atoms with Crippen LogP contribution in [0.15, 0.2) is 0 Å². The Kier molecular flexibility index (Phi) is 29.8. The van der Waals surface area contributed by atoms with Crippen LogP contribution in [-0.4, -0.2) is 5.16 Å². The Balaban J connectivity index is 4.39. The van der Waals surface area contributed by atoms with Crippen LogP contribution in [0.3, 0.4) is 0 Å². The average molecular weight is 539 g/mol. The number of unbranched alkanes of at least 4 members (excludes halogenated alkanes) is 22. The zero-order chi connectivity index (χ0) is 27.3. The first kappa shape index (κ1) is 37.4. The highest BCUT2D eigenvalue weighted by molar-refractivity contribution is 7.19. The summed E-state index contributed by atoms with van der Waals surface area (Å²) in [6, 6.07) is 0. The Morgan fingerprint density at radius 1 is 0.351 bits per heavy atom. The number of hydrogen-bond acceptors (Lipinski definition) is 0. The van der Waals surface area contributed by atoms with Gasteiger partial charge in [-0.2, -0.15) is 0 Å². The molecular weight excluding hydrogens is 463 g/mol. The Bertz CT molecular complexity index is 405. The molecule has 2 atom stereocenters. The van der Waals surface area contributed by atoms with Gasteiger partial charge in [0.25, 0.3) is 0 Å². The van der Waals surface area contributed by atoms with E-state index in [1.165, 1.54) is 193 Å². The van der Waals surface area contributed by atoms with Gasteiger partial charge in [0.1, 0.15) is 0 Å². The molecule has 0 aromatic rings. The van der Waals surface area contributed by atoms with Gasteiger partial charge in [-0.3, -0.25) is 0 Å². The summed E-state index contributed by atoms with van der Waals surface area (Å²) >= 11 is 0. The fourth-order valence-corrected chi connectivity index (χ4v) is 7.16. The van der Waals surface area contributed by atoms with E-state index in [2.05, 4.69) is 36.9 Å². The van der Waals surface area contributed by atoms with Crippen LogP contribution in [0.2, 0.25) is 0 Å². The predicted molar refractivity (Wildman–Crippen MR) is 177 cm³/mol. The summed E-state index contributed by atoms with van der Waals surface area (Å²) in [5.74, 6) is 0.940. The third kappa shape index (κ3) is 24.0. The predicted octanol–water partition coefficient (Wildman–Crippen LogP) is 14.0. The second kappa shape index (κ2) is 29.4. The molecule has 0 nitrogen and oxygen atoms in total. The van der Waals surface area contributed by atoms with E-state index in [4.69, 9.17) is 0 Å². The van der Waals surface area contributed by atoms with Gasteiger partial charge in [-0.25, -0.2) is 0 Å². The van der Waals surface area contributed by atoms with Crippen LogP contribution < -0.4 is 0 Å².